The lowest BCUT2D eigenvalue weighted by molar-refractivity contribution is -0.141. The van der Waals surface area contributed by atoms with Crippen molar-refractivity contribution in [3.05, 3.63) is 76.1 Å². The molecule has 11 heteroatoms. The number of methoxy groups -OCH3 is 1. The van der Waals surface area contributed by atoms with Crippen LogP contribution in [0.4, 0.5) is 22.0 Å². The maximum Gasteiger partial charge on any atom is 0.435 e. The van der Waals surface area contributed by atoms with E-state index in [-0.39, 0.29) is 23.5 Å². The zero-order valence-electron chi connectivity index (χ0n) is 15.9. The Balaban J connectivity index is 1.79. The van der Waals surface area contributed by atoms with Crippen LogP contribution in [-0.2, 0) is 23.9 Å². The summed E-state index contributed by atoms with van der Waals surface area (Å²) in [4.78, 5) is 12.2. The Morgan fingerprint density at radius 1 is 1.16 bits per heavy atom. The highest BCUT2D eigenvalue weighted by Crippen LogP contribution is 2.30. The molecule has 0 spiro atoms. The number of hydrogen-bond acceptors (Lipinski definition) is 3. The third-order valence-electron chi connectivity index (χ3n) is 4.22. The first-order chi connectivity index (χ1) is 14.6. The second-order valence-electron chi connectivity index (χ2n) is 6.46. The van der Waals surface area contributed by atoms with Gasteiger partial charge in [0, 0.05) is 5.02 Å². The van der Waals surface area contributed by atoms with Crippen molar-refractivity contribution < 1.29 is 31.5 Å². The van der Waals surface area contributed by atoms with Crippen LogP contribution >= 0.6 is 11.6 Å². The van der Waals surface area contributed by atoms with Crippen LogP contribution in [0.5, 0.6) is 5.75 Å². The number of ether oxygens (including phenoxy) is 1. The fourth-order valence-electron chi connectivity index (χ4n) is 2.86. The number of alkyl halides is 3. The minimum absolute atomic E-state index is 0.0348. The van der Waals surface area contributed by atoms with Crippen molar-refractivity contribution in [1.29, 1.82) is 0 Å². The quantitative estimate of drug-likeness (QED) is 0.544. The van der Waals surface area contributed by atoms with Gasteiger partial charge in [0.2, 0.25) is 5.91 Å². The average molecular weight is 460 g/mol. The molecule has 0 aliphatic heterocycles. The second-order valence-corrected chi connectivity index (χ2v) is 6.89. The van der Waals surface area contributed by atoms with Crippen LogP contribution in [0.25, 0.3) is 5.69 Å². The molecule has 0 saturated carbocycles. The first kappa shape index (κ1) is 22.5. The number of nitrogens with one attached hydrogen (secondary N) is 1. The van der Waals surface area contributed by atoms with E-state index < -0.39 is 41.6 Å². The van der Waals surface area contributed by atoms with Gasteiger partial charge < -0.3 is 10.1 Å². The SMILES string of the molecule is COc1c(F)cc(CC(=O)NCc2cc(C(F)(F)F)nn2-c2cccc(Cl)c2)cc1F. The number of rotatable bonds is 6. The number of hydrogen-bond donors (Lipinski definition) is 1. The summed E-state index contributed by atoms with van der Waals surface area (Å²) in [5.74, 6) is -3.18. The van der Waals surface area contributed by atoms with E-state index in [1.165, 1.54) is 12.1 Å². The molecule has 0 radical (unpaired) electrons. The lowest BCUT2D eigenvalue weighted by atomic mass is 10.1. The Bertz CT molecular complexity index is 1090. The van der Waals surface area contributed by atoms with Crippen LogP contribution in [0.2, 0.25) is 5.02 Å². The molecule has 0 aliphatic carbocycles. The number of amides is 1. The van der Waals surface area contributed by atoms with Crippen molar-refractivity contribution in [1.82, 2.24) is 15.1 Å². The third kappa shape index (κ3) is 5.32. The Kier molecular flexibility index (Phi) is 6.49. The first-order valence-electron chi connectivity index (χ1n) is 8.79. The molecular weight excluding hydrogens is 445 g/mol. The number of halogens is 6. The zero-order chi connectivity index (χ0) is 22.8. The first-order valence-corrected chi connectivity index (χ1v) is 9.17. The second kappa shape index (κ2) is 8.93. The molecule has 0 fully saturated rings. The van der Waals surface area contributed by atoms with Gasteiger partial charge in [-0.25, -0.2) is 13.5 Å². The molecule has 1 aromatic heterocycles. The Hall–Kier alpha value is -3.14. The van der Waals surface area contributed by atoms with Gasteiger partial charge in [-0.15, -0.1) is 0 Å². The molecular formula is C20H15ClF5N3O2. The van der Waals surface area contributed by atoms with Crippen molar-refractivity contribution in [2.24, 2.45) is 0 Å². The number of nitrogens with zero attached hydrogens (tertiary/aromatic N) is 2. The fourth-order valence-corrected chi connectivity index (χ4v) is 3.05. The summed E-state index contributed by atoms with van der Waals surface area (Å²) in [6, 6.07) is 8.71. The molecule has 0 bridgehead atoms. The van der Waals surface area contributed by atoms with E-state index in [2.05, 4.69) is 15.2 Å². The van der Waals surface area contributed by atoms with Gasteiger partial charge in [0.05, 0.1) is 31.5 Å². The van der Waals surface area contributed by atoms with Gasteiger partial charge in [0.15, 0.2) is 23.1 Å². The van der Waals surface area contributed by atoms with Gasteiger partial charge in [-0.2, -0.15) is 18.3 Å². The number of aromatic nitrogens is 2. The minimum atomic E-state index is -4.69. The number of carbonyl (C=O) groups is 1. The van der Waals surface area contributed by atoms with Gasteiger partial charge >= 0.3 is 6.18 Å². The standard InChI is InChI=1S/C20H15ClF5N3O2/c1-31-19-15(22)5-11(6-16(19)23)7-18(30)27-10-14-9-17(20(24,25)26)28-29(14)13-4-2-3-12(21)8-13/h2-6,8-9H,7,10H2,1H3,(H,27,30). The molecule has 5 nitrogen and oxygen atoms in total. The molecule has 2 aromatic carbocycles. The van der Waals surface area contributed by atoms with E-state index in [1.54, 1.807) is 12.1 Å². The predicted octanol–water partition coefficient (Wildman–Crippen LogP) is 4.69. The summed E-state index contributed by atoms with van der Waals surface area (Å²) in [7, 11) is 1.10. The van der Waals surface area contributed by atoms with Crippen LogP contribution in [0, 0.1) is 11.6 Å². The summed E-state index contributed by atoms with van der Waals surface area (Å²) in [5.41, 5.74) is -0.801. The molecule has 3 rings (SSSR count). The average Bonchev–Trinajstić information content (AvgIpc) is 3.11. The Morgan fingerprint density at radius 3 is 2.42 bits per heavy atom. The van der Waals surface area contributed by atoms with Gasteiger partial charge in [-0.1, -0.05) is 17.7 Å². The summed E-state index contributed by atoms with van der Waals surface area (Å²) >= 11 is 5.91. The lowest BCUT2D eigenvalue weighted by Gasteiger charge is -2.10. The van der Waals surface area contributed by atoms with Gasteiger partial charge in [-0.05, 0) is 42.0 Å². The van der Waals surface area contributed by atoms with Crippen molar-refractivity contribution in [2.75, 3.05) is 7.11 Å². The molecule has 31 heavy (non-hydrogen) atoms. The molecule has 164 valence electrons. The number of benzene rings is 2. The summed E-state index contributed by atoms with van der Waals surface area (Å²) < 4.78 is 72.5. The fraction of sp³-hybridized carbons (Fsp3) is 0.200. The number of carbonyl (C=O) groups excluding carboxylic acids is 1. The maximum atomic E-state index is 13.8. The van der Waals surface area contributed by atoms with E-state index in [0.717, 1.165) is 30.0 Å². The van der Waals surface area contributed by atoms with E-state index in [9.17, 15) is 26.7 Å². The monoisotopic (exact) mass is 459 g/mol. The van der Waals surface area contributed by atoms with Crippen molar-refractivity contribution in [3.63, 3.8) is 0 Å². The van der Waals surface area contributed by atoms with Crippen LogP contribution in [0.3, 0.4) is 0 Å². The van der Waals surface area contributed by atoms with Crippen molar-refractivity contribution in [3.8, 4) is 11.4 Å². The minimum Gasteiger partial charge on any atom is -0.491 e. The van der Waals surface area contributed by atoms with Crippen LogP contribution in [0.1, 0.15) is 17.0 Å². The van der Waals surface area contributed by atoms with Crippen LogP contribution < -0.4 is 10.1 Å². The molecule has 0 saturated heterocycles. The van der Waals surface area contributed by atoms with Gasteiger partial charge in [0.1, 0.15) is 0 Å². The predicted molar refractivity (Wildman–Crippen MR) is 102 cm³/mol. The smallest absolute Gasteiger partial charge is 0.435 e. The normalized spacial score (nSPS) is 11.5. The molecule has 0 aliphatic rings. The lowest BCUT2D eigenvalue weighted by Crippen LogP contribution is -2.26. The molecule has 1 amide bonds. The van der Waals surface area contributed by atoms with E-state index in [0.29, 0.717) is 5.02 Å². The summed E-state index contributed by atoms with van der Waals surface area (Å²) in [6.07, 6.45) is -5.09. The maximum absolute atomic E-state index is 13.8. The van der Waals surface area contributed by atoms with E-state index >= 15 is 0 Å². The van der Waals surface area contributed by atoms with Crippen LogP contribution in [-0.4, -0.2) is 22.8 Å². The van der Waals surface area contributed by atoms with Gasteiger partial charge in [0.25, 0.3) is 0 Å². The Labute approximate surface area is 178 Å². The van der Waals surface area contributed by atoms with E-state index in [1.807, 2.05) is 0 Å². The van der Waals surface area contributed by atoms with Crippen molar-refractivity contribution in [2.45, 2.75) is 19.1 Å². The Morgan fingerprint density at radius 2 is 1.84 bits per heavy atom. The van der Waals surface area contributed by atoms with Crippen LogP contribution in [0.15, 0.2) is 42.5 Å². The molecule has 0 atom stereocenters. The highest BCUT2D eigenvalue weighted by atomic mass is 35.5. The summed E-state index contributed by atoms with van der Waals surface area (Å²) in [6.45, 7) is -0.310. The topological polar surface area (TPSA) is 56.1 Å². The highest BCUT2D eigenvalue weighted by Gasteiger charge is 2.35. The zero-order valence-corrected chi connectivity index (χ0v) is 16.7. The molecule has 3 aromatic rings. The third-order valence-corrected chi connectivity index (χ3v) is 4.45. The van der Waals surface area contributed by atoms with Gasteiger partial charge in [-0.3, -0.25) is 4.79 Å². The van der Waals surface area contributed by atoms with Crippen molar-refractivity contribution >= 4 is 17.5 Å². The largest absolute Gasteiger partial charge is 0.491 e. The molecule has 1 heterocycles. The molecule has 0 unspecified atom stereocenters. The highest BCUT2D eigenvalue weighted by molar-refractivity contribution is 6.30. The summed E-state index contributed by atoms with van der Waals surface area (Å²) in [5, 5.41) is 6.29. The van der Waals surface area contributed by atoms with E-state index in [4.69, 9.17) is 11.6 Å². The molecule has 1 N–H and O–H groups in total.